The second kappa shape index (κ2) is 25.0. The predicted molar refractivity (Wildman–Crippen MR) is 273 cm³/mol. The van der Waals surface area contributed by atoms with Crippen LogP contribution in [0.3, 0.4) is 0 Å². The summed E-state index contributed by atoms with van der Waals surface area (Å²) in [6.45, 7) is 0. The Morgan fingerprint density at radius 3 is 1.12 bits per heavy atom. The van der Waals surface area contributed by atoms with Crippen molar-refractivity contribution in [2.75, 3.05) is 12.3 Å². The Balaban J connectivity index is 1.38. The lowest BCUT2D eigenvalue weighted by atomic mass is 10.0. The molecule has 6 unspecified atom stereocenters. The van der Waals surface area contributed by atoms with Crippen molar-refractivity contribution in [3.63, 3.8) is 0 Å². The quantitative estimate of drug-likeness (QED) is 0.146. The molecule has 58 heavy (non-hydrogen) atoms. The van der Waals surface area contributed by atoms with Gasteiger partial charge in [0.25, 0.3) is 0 Å². The monoisotopic (exact) mass is 872 g/mol. The van der Waals surface area contributed by atoms with Crippen molar-refractivity contribution in [3.05, 3.63) is 176 Å². The Morgan fingerprint density at radius 2 is 0.638 bits per heavy atom. The summed E-state index contributed by atoms with van der Waals surface area (Å²) < 4.78 is 0. The van der Waals surface area contributed by atoms with Gasteiger partial charge in [-0.2, -0.15) is 0 Å². The minimum atomic E-state index is -0.574. The van der Waals surface area contributed by atoms with E-state index in [2.05, 4.69) is 176 Å². The molecule has 0 bridgehead atoms. The van der Waals surface area contributed by atoms with E-state index in [1.54, 1.807) is 26.5 Å². The van der Waals surface area contributed by atoms with Crippen molar-refractivity contribution in [3.8, 4) is 11.1 Å². The molecule has 0 N–H and O–H groups in total. The Bertz CT molecular complexity index is 1980. The topological polar surface area (TPSA) is 0 Å². The summed E-state index contributed by atoms with van der Waals surface area (Å²) in [5.74, 6) is 0. The third-order valence-corrected chi connectivity index (χ3v) is 48.5. The molecule has 0 nitrogen and oxygen atoms in total. The number of benzene rings is 6. The van der Waals surface area contributed by atoms with Crippen LogP contribution in [0.25, 0.3) is 11.1 Å². The summed E-state index contributed by atoms with van der Waals surface area (Å²) in [6.07, 6.45) is 22.3. The summed E-state index contributed by atoms with van der Waals surface area (Å²) >= 11 is 0. The molecule has 6 aromatic rings. The van der Waals surface area contributed by atoms with Gasteiger partial charge in [0.15, 0.2) is 0 Å². The maximum absolute atomic E-state index is 2.56. The maximum Gasteiger partial charge on any atom is -0.00602 e. The van der Waals surface area contributed by atoms with E-state index in [0.717, 1.165) is 8.27 Å². The van der Waals surface area contributed by atoms with Crippen LogP contribution in [0.4, 0.5) is 0 Å². The van der Waals surface area contributed by atoms with Crippen LogP contribution >= 0.6 is 45.1 Å². The molecule has 300 valence electrons. The summed E-state index contributed by atoms with van der Waals surface area (Å²) in [5, 5.41) is 8.11. The normalized spacial score (nSPS) is 22.9. The highest BCUT2D eigenvalue weighted by atomic mass is 32.8. The first kappa shape index (κ1) is 44.0. The lowest BCUT2D eigenvalue weighted by Gasteiger charge is -2.43. The number of rotatable bonds is 6. The zero-order chi connectivity index (χ0) is 39.5. The van der Waals surface area contributed by atoms with Gasteiger partial charge in [0.2, 0.25) is 0 Å². The molecule has 0 spiro atoms. The van der Waals surface area contributed by atoms with Crippen LogP contribution in [-0.4, -0.2) is 12.3 Å². The molecular formula is C52H62P6. The highest BCUT2D eigenvalue weighted by Crippen LogP contribution is 3.03. The Labute approximate surface area is 358 Å². The van der Waals surface area contributed by atoms with Crippen molar-refractivity contribution in [2.45, 2.75) is 89.9 Å². The molecule has 1 saturated heterocycles. The van der Waals surface area contributed by atoms with Crippen LogP contribution in [-0.2, 0) is 0 Å². The summed E-state index contributed by atoms with van der Waals surface area (Å²) in [5.41, 5.74) is 2.64. The molecule has 6 aromatic carbocycles. The van der Waals surface area contributed by atoms with Crippen molar-refractivity contribution in [1.82, 2.24) is 0 Å². The first-order valence-electron chi connectivity index (χ1n) is 21.9. The minimum Gasteiger partial charge on any atom is -0.0862 e. The molecule has 6 heteroatoms. The smallest absolute Gasteiger partial charge is 0.00602 e. The van der Waals surface area contributed by atoms with Gasteiger partial charge >= 0.3 is 0 Å². The average molecular weight is 873 g/mol. The lowest BCUT2D eigenvalue weighted by Crippen LogP contribution is -2.13. The fraction of sp³-hybridized carbons (Fsp3) is 0.308. The highest BCUT2D eigenvalue weighted by Gasteiger charge is 2.41. The summed E-state index contributed by atoms with van der Waals surface area (Å²) in [6, 6.07) is 68.9. The van der Waals surface area contributed by atoms with E-state index in [9.17, 15) is 0 Å². The van der Waals surface area contributed by atoms with Crippen molar-refractivity contribution in [2.24, 2.45) is 0 Å². The van der Waals surface area contributed by atoms with Gasteiger partial charge in [-0.1, -0.05) is 261 Å². The molecular weight excluding hydrogens is 810 g/mol. The highest BCUT2D eigenvalue weighted by molar-refractivity contribution is 8.95. The third kappa shape index (κ3) is 13.0. The van der Waals surface area contributed by atoms with E-state index >= 15 is 0 Å². The van der Waals surface area contributed by atoms with Gasteiger partial charge in [-0.3, -0.25) is 0 Å². The van der Waals surface area contributed by atoms with Gasteiger partial charge in [-0.05, 0) is 99.6 Å². The molecule has 0 aromatic heterocycles. The molecule has 0 amide bonds. The standard InChI is InChI=1S/C52H62P6/c1-2-4-6-8-10-12-29-45-54(48-42-40-47(41-43-48)46-30-18-13-19-31-46)56(50-34-22-15-23-35-50)58(52-38-26-17-27-39-52)57(51-36-24-16-25-37-51)55(49-32-20-14-21-33-49)53-44-28-11-9-7-5-3-1/h13-27,30-43,53H,1-12,28-29,44-45H2. The largest absolute Gasteiger partial charge is 0.0862 e. The molecule has 0 aliphatic carbocycles. The van der Waals surface area contributed by atoms with E-state index in [-0.39, 0.29) is 0 Å². The van der Waals surface area contributed by atoms with Crippen LogP contribution in [0.1, 0.15) is 89.9 Å². The van der Waals surface area contributed by atoms with Crippen LogP contribution in [0, 0.1) is 0 Å². The van der Waals surface area contributed by atoms with E-state index in [1.165, 1.54) is 113 Å². The van der Waals surface area contributed by atoms with E-state index in [4.69, 9.17) is 0 Å². The minimum absolute atomic E-state index is 0.406. The van der Waals surface area contributed by atoms with Gasteiger partial charge in [0, 0.05) is 0 Å². The molecule has 1 heterocycles. The van der Waals surface area contributed by atoms with Gasteiger partial charge in [0.05, 0.1) is 0 Å². The molecule has 1 aliphatic rings. The summed E-state index contributed by atoms with van der Waals surface area (Å²) in [4.78, 5) is 0. The van der Waals surface area contributed by atoms with Crippen molar-refractivity contribution < 1.29 is 0 Å². The molecule has 7 rings (SSSR count). The van der Waals surface area contributed by atoms with Crippen molar-refractivity contribution in [1.29, 1.82) is 0 Å². The Hall–Kier alpha value is -2.10. The SMILES string of the molecule is c1ccc(-c2ccc(P3CCCCCCCCCCCCCCCCPP(c4ccccc4)P(c4ccccc4)P(c4ccccc4)P3c3ccccc3)cc2)cc1. The second-order valence-corrected chi connectivity index (χ2v) is 38.5. The Morgan fingerprint density at radius 1 is 0.276 bits per heavy atom. The van der Waals surface area contributed by atoms with Crippen molar-refractivity contribution >= 4 is 71.6 Å². The Kier molecular flexibility index (Phi) is 18.9. The van der Waals surface area contributed by atoms with Crippen LogP contribution in [0.15, 0.2) is 176 Å². The predicted octanol–water partition coefficient (Wildman–Crippen LogP) is 16.4. The van der Waals surface area contributed by atoms with E-state index in [1.807, 2.05) is 0 Å². The molecule has 1 fully saturated rings. The lowest BCUT2D eigenvalue weighted by molar-refractivity contribution is 0.539. The van der Waals surface area contributed by atoms with Crippen LogP contribution in [0.5, 0.6) is 0 Å². The fourth-order valence-corrected chi connectivity index (χ4v) is 59.5. The third-order valence-electron chi connectivity index (χ3n) is 11.1. The number of hydrogen-bond acceptors (Lipinski definition) is 0. The molecule has 0 saturated carbocycles. The molecule has 0 radical (unpaired) electrons. The van der Waals surface area contributed by atoms with Crippen LogP contribution in [0.2, 0.25) is 0 Å². The van der Waals surface area contributed by atoms with E-state index < -0.39 is 36.8 Å². The summed E-state index contributed by atoms with van der Waals surface area (Å²) in [7, 11) is -1.55. The van der Waals surface area contributed by atoms with Gasteiger partial charge in [0.1, 0.15) is 0 Å². The van der Waals surface area contributed by atoms with Gasteiger partial charge in [-0.25, -0.2) is 0 Å². The molecule has 1 aliphatic heterocycles. The zero-order valence-electron chi connectivity index (χ0n) is 34.3. The zero-order valence-corrected chi connectivity index (χ0v) is 39.8. The first-order chi connectivity index (χ1) is 28.9. The van der Waals surface area contributed by atoms with E-state index in [0.29, 0.717) is 0 Å². The van der Waals surface area contributed by atoms with Gasteiger partial charge in [-0.15, -0.1) is 0 Å². The van der Waals surface area contributed by atoms with Gasteiger partial charge < -0.3 is 0 Å². The number of hydrogen-bond donors (Lipinski definition) is 0. The first-order valence-corrected chi connectivity index (χ1v) is 33.7. The van der Waals surface area contributed by atoms with Crippen LogP contribution < -0.4 is 26.5 Å². The maximum atomic E-state index is 2.56. The molecule has 6 atom stereocenters. The average Bonchev–Trinajstić information content (AvgIpc) is 3.29. The fourth-order valence-electron chi connectivity index (χ4n) is 7.96. The second-order valence-electron chi connectivity index (χ2n) is 15.4.